The first-order chi connectivity index (χ1) is 8.06. The normalized spacial score (nSPS) is 26.2. The highest BCUT2D eigenvalue weighted by molar-refractivity contribution is 9.12. The number of amides is 1. The third kappa shape index (κ3) is 1.17. The van der Waals surface area contributed by atoms with Crippen molar-refractivity contribution >= 4 is 27.6 Å². The summed E-state index contributed by atoms with van der Waals surface area (Å²) in [5.41, 5.74) is -0.801. The van der Waals surface area contributed by atoms with Gasteiger partial charge in [0.15, 0.2) is 0 Å². The minimum Gasteiger partial charge on any atom is -0.456 e. The number of nitrogens with zero attached hydrogens (tertiary/aromatic N) is 1. The largest absolute Gasteiger partial charge is 0.456 e. The fraction of sp³-hybridized carbons (Fsp3) is 0.167. The molecule has 4 nitrogen and oxygen atoms in total. The molecule has 0 bridgehead atoms. The van der Waals surface area contributed by atoms with Gasteiger partial charge in [0.05, 0.1) is 10.0 Å². The topological polar surface area (TPSA) is 46.6 Å². The van der Waals surface area contributed by atoms with E-state index in [0.29, 0.717) is 15.8 Å². The van der Waals surface area contributed by atoms with E-state index in [1.54, 1.807) is 31.3 Å². The number of fused-ring (bicyclic) bond motifs is 1. The number of likely N-dealkylation sites (N-methyl/N-ethyl adjacent to an activating group) is 1. The first kappa shape index (κ1) is 10.5. The zero-order valence-electron chi connectivity index (χ0n) is 8.94. The van der Waals surface area contributed by atoms with Crippen LogP contribution < -0.4 is 4.74 Å². The summed E-state index contributed by atoms with van der Waals surface area (Å²) in [6, 6.07) is 6.99. The van der Waals surface area contributed by atoms with Crippen LogP contribution in [-0.2, 0) is 4.79 Å². The molecule has 5 heteroatoms. The van der Waals surface area contributed by atoms with Crippen molar-refractivity contribution in [3.63, 3.8) is 0 Å². The number of ketones is 1. The van der Waals surface area contributed by atoms with Crippen LogP contribution in [0.5, 0.6) is 5.75 Å². The van der Waals surface area contributed by atoms with Crippen molar-refractivity contribution in [2.75, 3.05) is 7.05 Å². The third-order valence-electron chi connectivity index (χ3n) is 3.05. The van der Waals surface area contributed by atoms with Gasteiger partial charge in [-0.15, -0.1) is 0 Å². The SMILES string of the molecule is CN1C(=O)C(Br)=CC12Oc1ccccc1C2=O. The smallest absolute Gasteiger partial charge is 0.270 e. The minimum atomic E-state index is -1.31. The molecule has 17 heavy (non-hydrogen) atoms. The molecule has 1 atom stereocenters. The molecular formula is C12H8BrNO3. The maximum Gasteiger partial charge on any atom is 0.270 e. The highest BCUT2D eigenvalue weighted by Crippen LogP contribution is 2.42. The van der Waals surface area contributed by atoms with E-state index >= 15 is 0 Å². The van der Waals surface area contributed by atoms with E-state index in [4.69, 9.17) is 4.74 Å². The van der Waals surface area contributed by atoms with E-state index in [1.807, 2.05) is 0 Å². The zero-order chi connectivity index (χ0) is 12.2. The van der Waals surface area contributed by atoms with Crippen LogP contribution in [0.3, 0.4) is 0 Å². The van der Waals surface area contributed by atoms with Gasteiger partial charge >= 0.3 is 0 Å². The molecule has 2 heterocycles. The Morgan fingerprint density at radius 2 is 2.00 bits per heavy atom. The second-order valence-corrected chi connectivity index (χ2v) is 4.83. The standard InChI is InChI=1S/C12H8BrNO3/c1-14-11(16)8(13)6-12(14)10(15)7-4-2-3-5-9(7)17-12/h2-6H,1H3. The van der Waals surface area contributed by atoms with Gasteiger partial charge in [-0.25, -0.2) is 0 Å². The fourth-order valence-corrected chi connectivity index (χ4v) is 2.68. The van der Waals surface area contributed by atoms with Crippen molar-refractivity contribution in [2.24, 2.45) is 0 Å². The van der Waals surface area contributed by atoms with Crippen LogP contribution in [-0.4, -0.2) is 29.4 Å². The molecule has 1 aromatic carbocycles. The third-order valence-corrected chi connectivity index (χ3v) is 3.62. The van der Waals surface area contributed by atoms with Gasteiger partial charge < -0.3 is 4.74 Å². The lowest BCUT2D eigenvalue weighted by molar-refractivity contribution is -0.131. The molecule has 86 valence electrons. The van der Waals surface area contributed by atoms with Gasteiger partial charge in [0.1, 0.15) is 5.75 Å². The number of para-hydroxylation sites is 1. The maximum atomic E-state index is 12.3. The van der Waals surface area contributed by atoms with Crippen molar-refractivity contribution in [2.45, 2.75) is 5.72 Å². The number of Topliss-reactive ketones (excluding diaryl/α,β-unsaturated/α-hetero) is 1. The first-order valence-corrected chi connectivity index (χ1v) is 5.85. The lowest BCUT2D eigenvalue weighted by Gasteiger charge is -2.28. The Kier molecular flexibility index (Phi) is 1.98. The van der Waals surface area contributed by atoms with E-state index in [-0.39, 0.29) is 11.7 Å². The van der Waals surface area contributed by atoms with Crippen LogP contribution in [0.25, 0.3) is 0 Å². The van der Waals surface area contributed by atoms with Crippen molar-refractivity contribution < 1.29 is 14.3 Å². The average Bonchev–Trinajstić information content (AvgIpc) is 2.72. The summed E-state index contributed by atoms with van der Waals surface area (Å²) in [6.07, 6.45) is 1.51. The highest BCUT2D eigenvalue weighted by Gasteiger charge is 2.55. The molecular weight excluding hydrogens is 286 g/mol. The molecule has 1 amide bonds. The van der Waals surface area contributed by atoms with Crippen LogP contribution in [0.1, 0.15) is 10.4 Å². The second kappa shape index (κ2) is 3.20. The number of carbonyl (C=O) groups is 2. The molecule has 0 aliphatic carbocycles. The van der Waals surface area contributed by atoms with Crippen LogP contribution in [0.15, 0.2) is 34.8 Å². The van der Waals surface area contributed by atoms with Gasteiger partial charge in [0.2, 0.25) is 5.78 Å². The quantitative estimate of drug-likeness (QED) is 0.732. The molecule has 0 saturated carbocycles. The van der Waals surface area contributed by atoms with E-state index in [9.17, 15) is 9.59 Å². The molecule has 1 aromatic rings. The van der Waals surface area contributed by atoms with E-state index < -0.39 is 5.72 Å². The van der Waals surface area contributed by atoms with Gasteiger partial charge in [-0.05, 0) is 28.1 Å². The predicted molar refractivity (Wildman–Crippen MR) is 63.9 cm³/mol. The molecule has 0 radical (unpaired) electrons. The Balaban J connectivity index is 2.16. The van der Waals surface area contributed by atoms with Crippen molar-refractivity contribution in [3.05, 3.63) is 40.4 Å². The Morgan fingerprint density at radius 3 is 2.59 bits per heavy atom. The highest BCUT2D eigenvalue weighted by atomic mass is 79.9. The number of hydrogen-bond donors (Lipinski definition) is 0. The molecule has 0 fully saturated rings. The summed E-state index contributed by atoms with van der Waals surface area (Å²) < 4.78 is 6.02. The molecule has 3 rings (SSSR count). The van der Waals surface area contributed by atoms with Crippen molar-refractivity contribution in [3.8, 4) is 5.75 Å². The fourth-order valence-electron chi connectivity index (χ4n) is 2.11. The number of ether oxygens (including phenoxy) is 1. The van der Waals surface area contributed by atoms with Crippen LogP contribution >= 0.6 is 15.9 Å². The molecule has 0 saturated heterocycles. The average molecular weight is 294 g/mol. The monoisotopic (exact) mass is 293 g/mol. The number of hydrogen-bond acceptors (Lipinski definition) is 3. The molecule has 0 aromatic heterocycles. The molecule has 1 spiro atoms. The maximum absolute atomic E-state index is 12.3. The number of benzene rings is 1. The number of carbonyl (C=O) groups excluding carboxylic acids is 2. The van der Waals surface area contributed by atoms with E-state index in [2.05, 4.69) is 15.9 Å². The van der Waals surface area contributed by atoms with Gasteiger partial charge in [-0.1, -0.05) is 12.1 Å². The van der Waals surface area contributed by atoms with Crippen LogP contribution in [0.2, 0.25) is 0 Å². The van der Waals surface area contributed by atoms with Gasteiger partial charge in [-0.3, -0.25) is 14.5 Å². The molecule has 1 unspecified atom stereocenters. The summed E-state index contributed by atoms with van der Waals surface area (Å²) in [6.45, 7) is 0. The Morgan fingerprint density at radius 1 is 1.29 bits per heavy atom. The molecule has 2 aliphatic heterocycles. The van der Waals surface area contributed by atoms with Crippen LogP contribution in [0.4, 0.5) is 0 Å². The van der Waals surface area contributed by atoms with Crippen molar-refractivity contribution in [1.29, 1.82) is 0 Å². The summed E-state index contributed by atoms with van der Waals surface area (Å²) >= 11 is 3.14. The molecule has 2 aliphatic rings. The number of halogens is 1. The summed E-state index contributed by atoms with van der Waals surface area (Å²) in [5.74, 6) is 0.0418. The second-order valence-electron chi connectivity index (χ2n) is 3.98. The van der Waals surface area contributed by atoms with Gasteiger partial charge in [0.25, 0.3) is 11.6 Å². The Bertz CT molecular complexity index is 581. The Hall–Kier alpha value is -1.62. The predicted octanol–water partition coefficient (Wildman–Crippen LogP) is 1.71. The summed E-state index contributed by atoms with van der Waals surface area (Å²) in [7, 11) is 1.55. The summed E-state index contributed by atoms with van der Waals surface area (Å²) in [5, 5.41) is 0. The lowest BCUT2D eigenvalue weighted by Crippen LogP contribution is -2.51. The zero-order valence-corrected chi connectivity index (χ0v) is 10.5. The molecule has 0 N–H and O–H groups in total. The Labute approximate surface area is 106 Å². The summed E-state index contributed by atoms with van der Waals surface area (Å²) in [4.78, 5) is 25.4. The number of rotatable bonds is 0. The first-order valence-electron chi connectivity index (χ1n) is 5.05. The minimum absolute atomic E-state index is 0.210. The van der Waals surface area contributed by atoms with E-state index in [1.165, 1.54) is 11.0 Å². The van der Waals surface area contributed by atoms with Crippen LogP contribution in [0, 0.1) is 0 Å². The van der Waals surface area contributed by atoms with Gasteiger partial charge in [-0.2, -0.15) is 0 Å². The van der Waals surface area contributed by atoms with Crippen molar-refractivity contribution in [1.82, 2.24) is 4.90 Å². The lowest BCUT2D eigenvalue weighted by atomic mass is 10.0. The van der Waals surface area contributed by atoms with Gasteiger partial charge in [0, 0.05) is 13.1 Å². The van der Waals surface area contributed by atoms with E-state index in [0.717, 1.165) is 0 Å².